The Hall–Kier alpha value is -2.81. The van der Waals surface area contributed by atoms with Crippen molar-refractivity contribution in [1.29, 1.82) is 0 Å². The van der Waals surface area contributed by atoms with Gasteiger partial charge in [0.05, 0.1) is 6.42 Å². The summed E-state index contributed by atoms with van der Waals surface area (Å²) in [6.45, 7) is 4.46. The van der Waals surface area contributed by atoms with Crippen LogP contribution in [-0.2, 0) is 16.1 Å². The number of benzene rings is 1. The van der Waals surface area contributed by atoms with Gasteiger partial charge in [0, 0.05) is 30.2 Å². The highest BCUT2D eigenvalue weighted by Gasteiger charge is 2.38. The Morgan fingerprint density at radius 2 is 1.52 bits per heavy atom. The van der Waals surface area contributed by atoms with E-state index in [1.54, 1.807) is 0 Å². The van der Waals surface area contributed by atoms with Gasteiger partial charge in [0.25, 0.3) is 0 Å². The lowest BCUT2D eigenvalue weighted by molar-refractivity contribution is -0.192. The molecular formula is C18H21F3N2O4. The number of halogens is 3. The molecule has 0 aliphatic heterocycles. The van der Waals surface area contributed by atoms with E-state index in [-0.39, 0.29) is 6.42 Å². The largest absolute Gasteiger partial charge is 0.490 e. The first-order valence-corrected chi connectivity index (χ1v) is 7.90. The number of nitrogens with one attached hydrogen (secondary N) is 1. The summed E-state index contributed by atoms with van der Waals surface area (Å²) in [5.41, 5.74) is 1.84. The molecule has 0 saturated heterocycles. The van der Waals surface area contributed by atoms with Crippen molar-refractivity contribution in [3.63, 3.8) is 0 Å². The second-order valence-electron chi connectivity index (χ2n) is 6.37. The highest BCUT2D eigenvalue weighted by Crippen LogP contribution is 2.14. The zero-order chi connectivity index (χ0) is 20.7. The average molecular weight is 386 g/mol. The van der Waals surface area contributed by atoms with Crippen LogP contribution in [0, 0.1) is 0 Å². The molecule has 1 aromatic heterocycles. The van der Waals surface area contributed by atoms with E-state index in [1.807, 2.05) is 42.9 Å². The fourth-order valence-corrected chi connectivity index (χ4v) is 2.07. The average Bonchev–Trinajstić information content (AvgIpc) is 3.06. The third-order valence-electron chi connectivity index (χ3n) is 3.45. The third-order valence-corrected chi connectivity index (χ3v) is 3.45. The number of aromatic nitrogens is 1. The topological polar surface area (TPSA) is 91.6 Å². The molecule has 0 aliphatic rings. The minimum Gasteiger partial charge on any atom is -0.481 e. The molecular weight excluding hydrogens is 365 g/mol. The molecule has 0 bridgehead atoms. The van der Waals surface area contributed by atoms with Gasteiger partial charge >= 0.3 is 18.1 Å². The first-order valence-electron chi connectivity index (χ1n) is 7.90. The van der Waals surface area contributed by atoms with Crippen molar-refractivity contribution in [1.82, 2.24) is 9.88 Å². The molecule has 27 heavy (non-hydrogen) atoms. The van der Waals surface area contributed by atoms with E-state index < -0.39 is 23.7 Å². The number of carbonyl (C=O) groups is 2. The van der Waals surface area contributed by atoms with Crippen molar-refractivity contribution >= 4 is 11.9 Å². The van der Waals surface area contributed by atoms with Gasteiger partial charge in [-0.05, 0) is 43.7 Å². The quantitative estimate of drug-likeness (QED) is 0.707. The van der Waals surface area contributed by atoms with Gasteiger partial charge in [-0.3, -0.25) is 4.79 Å². The maximum absolute atomic E-state index is 10.8. The molecule has 0 unspecified atom stereocenters. The summed E-state index contributed by atoms with van der Waals surface area (Å²) >= 11 is 0. The molecule has 0 radical (unpaired) electrons. The van der Waals surface area contributed by atoms with Gasteiger partial charge in [-0.25, -0.2) is 4.79 Å². The zero-order valence-electron chi connectivity index (χ0n) is 14.8. The number of aliphatic carboxylic acids is 2. The lowest BCUT2D eigenvalue weighted by Crippen LogP contribution is -2.40. The Balaban J connectivity index is 0.000000445. The van der Waals surface area contributed by atoms with Crippen molar-refractivity contribution in [2.45, 2.75) is 38.5 Å². The Kier molecular flexibility index (Phi) is 7.59. The molecule has 148 valence electrons. The number of rotatable bonds is 6. The third kappa shape index (κ3) is 8.41. The number of carboxylic acids is 2. The fraction of sp³-hybridized carbons (Fsp3) is 0.333. The summed E-state index contributed by atoms with van der Waals surface area (Å²) in [7, 11) is 0. The van der Waals surface area contributed by atoms with E-state index in [0.717, 1.165) is 11.3 Å². The molecule has 1 aromatic carbocycles. The van der Waals surface area contributed by atoms with Crippen molar-refractivity contribution in [2.75, 3.05) is 0 Å². The minimum atomic E-state index is -5.08. The molecule has 0 atom stereocenters. The summed E-state index contributed by atoms with van der Waals surface area (Å²) < 4.78 is 33.8. The molecule has 0 saturated carbocycles. The molecule has 9 heteroatoms. The van der Waals surface area contributed by atoms with Gasteiger partial charge in [0.1, 0.15) is 0 Å². The standard InChI is InChI=1S/C16H20N2O2.C2HF3O2/c1-16(2,11-15(19)20)17-12-13-5-7-14(8-6-13)18-9-3-4-10-18;3-2(4,5)1(6)7/h3-10,17H,11-12H2,1-2H3,(H,19,20);(H,6,7). The lowest BCUT2D eigenvalue weighted by atomic mass is 10.0. The smallest absolute Gasteiger partial charge is 0.481 e. The molecule has 0 aliphatic carbocycles. The van der Waals surface area contributed by atoms with Crippen LogP contribution in [0.4, 0.5) is 13.2 Å². The summed E-state index contributed by atoms with van der Waals surface area (Å²) in [4.78, 5) is 19.7. The zero-order valence-corrected chi connectivity index (χ0v) is 14.8. The number of carboxylic acid groups (broad SMARTS) is 2. The van der Waals surface area contributed by atoms with E-state index >= 15 is 0 Å². The molecule has 0 spiro atoms. The summed E-state index contributed by atoms with van der Waals surface area (Å²) in [6, 6.07) is 12.2. The van der Waals surface area contributed by atoms with Crippen LogP contribution in [0.1, 0.15) is 25.8 Å². The van der Waals surface area contributed by atoms with Crippen LogP contribution in [0.2, 0.25) is 0 Å². The SMILES string of the molecule is CC(C)(CC(=O)O)NCc1ccc(-n2cccc2)cc1.O=C(O)C(F)(F)F. The molecule has 2 rings (SSSR count). The predicted molar refractivity (Wildman–Crippen MR) is 92.6 cm³/mol. The van der Waals surface area contributed by atoms with Gasteiger partial charge in [0.15, 0.2) is 0 Å². The number of nitrogens with zero attached hydrogens (tertiary/aromatic N) is 1. The molecule has 0 amide bonds. The Morgan fingerprint density at radius 3 is 1.93 bits per heavy atom. The van der Waals surface area contributed by atoms with Crippen LogP contribution in [0.25, 0.3) is 5.69 Å². The van der Waals surface area contributed by atoms with Crippen LogP contribution >= 0.6 is 0 Å². The highest BCUT2D eigenvalue weighted by molar-refractivity contribution is 5.73. The Morgan fingerprint density at radius 1 is 1.04 bits per heavy atom. The minimum absolute atomic E-state index is 0.106. The fourth-order valence-electron chi connectivity index (χ4n) is 2.07. The van der Waals surface area contributed by atoms with Gasteiger partial charge in [0.2, 0.25) is 0 Å². The van der Waals surface area contributed by atoms with Gasteiger partial charge in [-0.2, -0.15) is 13.2 Å². The second kappa shape index (κ2) is 9.22. The Labute approximate surface area is 154 Å². The Bertz CT molecular complexity index is 739. The van der Waals surface area contributed by atoms with Crippen LogP contribution in [0.5, 0.6) is 0 Å². The van der Waals surface area contributed by atoms with Crippen LogP contribution in [0.15, 0.2) is 48.8 Å². The maximum atomic E-state index is 10.8. The van der Waals surface area contributed by atoms with E-state index in [9.17, 15) is 18.0 Å². The van der Waals surface area contributed by atoms with Crippen LogP contribution in [0.3, 0.4) is 0 Å². The molecule has 2 aromatic rings. The monoisotopic (exact) mass is 386 g/mol. The van der Waals surface area contributed by atoms with Gasteiger partial charge in [-0.15, -0.1) is 0 Å². The van der Waals surface area contributed by atoms with Gasteiger partial charge < -0.3 is 20.1 Å². The molecule has 1 heterocycles. The summed E-state index contributed by atoms with van der Waals surface area (Å²) in [6.07, 6.45) is -0.971. The van der Waals surface area contributed by atoms with E-state index in [1.165, 1.54) is 0 Å². The summed E-state index contributed by atoms with van der Waals surface area (Å²) in [5.74, 6) is -3.54. The van der Waals surface area contributed by atoms with Crippen molar-refractivity contribution in [3.05, 3.63) is 54.4 Å². The molecule has 6 nitrogen and oxygen atoms in total. The first kappa shape index (κ1) is 22.2. The van der Waals surface area contributed by atoms with E-state index in [2.05, 4.69) is 29.6 Å². The van der Waals surface area contributed by atoms with E-state index in [0.29, 0.717) is 6.54 Å². The lowest BCUT2D eigenvalue weighted by Gasteiger charge is -2.24. The van der Waals surface area contributed by atoms with Gasteiger partial charge in [-0.1, -0.05) is 12.1 Å². The van der Waals surface area contributed by atoms with E-state index in [4.69, 9.17) is 15.0 Å². The van der Waals surface area contributed by atoms with Crippen LogP contribution in [-0.4, -0.2) is 38.4 Å². The van der Waals surface area contributed by atoms with Crippen molar-refractivity contribution in [2.24, 2.45) is 0 Å². The molecule has 0 fully saturated rings. The van der Waals surface area contributed by atoms with Crippen molar-refractivity contribution in [3.8, 4) is 5.69 Å². The predicted octanol–water partition coefficient (Wildman–Crippen LogP) is 3.45. The molecule has 3 N–H and O–H groups in total. The van der Waals surface area contributed by atoms with Crippen molar-refractivity contribution < 1.29 is 33.0 Å². The van der Waals surface area contributed by atoms with Crippen LogP contribution < -0.4 is 5.32 Å². The first-order chi connectivity index (χ1) is 12.4. The highest BCUT2D eigenvalue weighted by atomic mass is 19.4. The second-order valence-corrected chi connectivity index (χ2v) is 6.37. The number of alkyl halides is 3. The normalized spacial score (nSPS) is 11.4. The number of hydrogen-bond donors (Lipinski definition) is 3. The summed E-state index contributed by atoms with van der Waals surface area (Å²) in [5, 5.41) is 19.2. The maximum Gasteiger partial charge on any atom is 0.490 e. The number of hydrogen-bond acceptors (Lipinski definition) is 3.